The van der Waals surface area contributed by atoms with Gasteiger partial charge in [0.1, 0.15) is 0 Å². The van der Waals surface area contributed by atoms with E-state index in [1.54, 1.807) is 6.92 Å². The molecule has 0 aromatic rings. The zero-order chi connectivity index (χ0) is 9.90. The van der Waals surface area contributed by atoms with Crippen LogP contribution in [0.3, 0.4) is 0 Å². The molecule has 0 aromatic carbocycles. The molecule has 1 amide bonds. The first kappa shape index (κ1) is 10.4. The highest BCUT2D eigenvalue weighted by Crippen LogP contribution is 2.26. The van der Waals surface area contributed by atoms with E-state index in [0.29, 0.717) is 13.1 Å². The quantitative estimate of drug-likeness (QED) is 0.704. The number of nitrogens with one attached hydrogen (secondary N) is 1. The molecule has 0 bridgehead atoms. The SMILES string of the molecule is CCNC(=O)CN1CCC(F)(F)C1. The first-order chi connectivity index (χ1) is 6.03. The fourth-order valence-electron chi connectivity index (χ4n) is 1.40. The third-order valence-corrected chi connectivity index (χ3v) is 1.99. The lowest BCUT2D eigenvalue weighted by Gasteiger charge is -2.14. The summed E-state index contributed by atoms with van der Waals surface area (Å²) in [6.45, 7) is 2.46. The molecule has 0 aliphatic carbocycles. The Balaban J connectivity index is 2.28. The van der Waals surface area contributed by atoms with Gasteiger partial charge in [-0.1, -0.05) is 0 Å². The zero-order valence-corrected chi connectivity index (χ0v) is 7.65. The van der Waals surface area contributed by atoms with Crippen LogP contribution in [0, 0.1) is 0 Å². The molecule has 1 aliphatic heterocycles. The van der Waals surface area contributed by atoms with E-state index < -0.39 is 5.92 Å². The van der Waals surface area contributed by atoms with Crippen LogP contribution in [0.15, 0.2) is 0 Å². The van der Waals surface area contributed by atoms with Crippen molar-refractivity contribution in [3.05, 3.63) is 0 Å². The number of halogens is 2. The van der Waals surface area contributed by atoms with Gasteiger partial charge < -0.3 is 5.32 Å². The van der Waals surface area contributed by atoms with Crippen molar-refractivity contribution in [3.8, 4) is 0 Å². The minimum atomic E-state index is -2.60. The summed E-state index contributed by atoms with van der Waals surface area (Å²) in [5.74, 6) is -2.79. The Bertz CT molecular complexity index is 197. The van der Waals surface area contributed by atoms with Crippen LogP contribution in [0.25, 0.3) is 0 Å². The highest BCUT2D eigenvalue weighted by atomic mass is 19.3. The van der Waals surface area contributed by atoms with Gasteiger partial charge in [-0.3, -0.25) is 9.69 Å². The largest absolute Gasteiger partial charge is 0.355 e. The number of likely N-dealkylation sites (tertiary alicyclic amines) is 1. The number of rotatable bonds is 3. The molecule has 13 heavy (non-hydrogen) atoms. The van der Waals surface area contributed by atoms with Crippen molar-refractivity contribution in [2.24, 2.45) is 0 Å². The number of hydrogen-bond acceptors (Lipinski definition) is 2. The lowest BCUT2D eigenvalue weighted by Crippen LogP contribution is -2.37. The molecule has 0 spiro atoms. The first-order valence-corrected chi connectivity index (χ1v) is 4.40. The summed E-state index contributed by atoms with van der Waals surface area (Å²) >= 11 is 0. The van der Waals surface area contributed by atoms with Crippen molar-refractivity contribution < 1.29 is 13.6 Å². The van der Waals surface area contributed by atoms with Gasteiger partial charge in [0.05, 0.1) is 13.1 Å². The van der Waals surface area contributed by atoms with Crippen LogP contribution >= 0.6 is 0 Å². The number of alkyl halides is 2. The Morgan fingerprint density at radius 1 is 1.62 bits per heavy atom. The molecule has 0 unspecified atom stereocenters. The number of nitrogens with zero attached hydrogens (tertiary/aromatic N) is 1. The van der Waals surface area contributed by atoms with Gasteiger partial charge in [0, 0.05) is 19.5 Å². The van der Waals surface area contributed by atoms with E-state index in [1.807, 2.05) is 0 Å². The summed E-state index contributed by atoms with van der Waals surface area (Å²) in [5, 5.41) is 2.57. The summed E-state index contributed by atoms with van der Waals surface area (Å²) in [4.78, 5) is 12.5. The summed E-state index contributed by atoms with van der Waals surface area (Å²) in [6, 6.07) is 0. The Morgan fingerprint density at radius 2 is 2.31 bits per heavy atom. The van der Waals surface area contributed by atoms with E-state index in [0.717, 1.165) is 0 Å². The van der Waals surface area contributed by atoms with Crippen LogP contribution in [-0.2, 0) is 4.79 Å². The second-order valence-corrected chi connectivity index (χ2v) is 3.27. The van der Waals surface area contributed by atoms with Crippen molar-refractivity contribution in [1.82, 2.24) is 10.2 Å². The average Bonchev–Trinajstić information content (AvgIpc) is 2.30. The normalized spacial score (nSPS) is 21.8. The van der Waals surface area contributed by atoms with Gasteiger partial charge in [0.25, 0.3) is 5.92 Å². The maximum absolute atomic E-state index is 12.7. The molecule has 5 heteroatoms. The molecule has 0 radical (unpaired) electrons. The lowest BCUT2D eigenvalue weighted by atomic mass is 10.3. The molecule has 0 aromatic heterocycles. The molecule has 1 fully saturated rings. The molecular weight excluding hydrogens is 178 g/mol. The fourth-order valence-corrected chi connectivity index (χ4v) is 1.40. The molecule has 1 aliphatic rings. The molecule has 0 saturated carbocycles. The zero-order valence-electron chi connectivity index (χ0n) is 7.65. The van der Waals surface area contributed by atoms with Crippen molar-refractivity contribution in [1.29, 1.82) is 0 Å². The Morgan fingerprint density at radius 3 is 2.77 bits per heavy atom. The van der Waals surface area contributed by atoms with Gasteiger partial charge in [-0.2, -0.15) is 0 Å². The smallest absolute Gasteiger partial charge is 0.261 e. The monoisotopic (exact) mass is 192 g/mol. The number of hydrogen-bond donors (Lipinski definition) is 1. The van der Waals surface area contributed by atoms with Crippen molar-refractivity contribution >= 4 is 5.91 Å². The predicted octanol–water partition coefficient (Wildman–Crippen LogP) is 0.464. The third kappa shape index (κ3) is 3.26. The minimum absolute atomic E-state index is 0.0867. The number of likely N-dealkylation sites (N-methyl/N-ethyl adjacent to an activating group) is 1. The third-order valence-electron chi connectivity index (χ3n) is 1.99. The second kappa shape index (κ2) is 4.00. The summed E-state index contributed by atoms with van der Waals surface area (Å²) in [7, 11) is 0. The minimum Gasteiger partial charge on any atom is -0.355 e. The summed E-state index contributed by atoms with van der Waals surface area (Å²) in [6.07, 6.45) is -0.133. The molecule has 0 atom stereocenters. The van der Waals surface area contributed by atoms with Gasteiger partial charge in [-0.15, -0.1) is 0 Å². The fraction of sp³-hybridized carbons (Fsp3) is 0.875. The maximum Gasteiger partial charge on any atom is 0.261 e. The van der Waals surface area contributed by atoms with Crippen LogP contribution in [0.5, 0.6) is 0 Å². The Hall–Kier alpha value is -0.710. The van der Waals surface area contributed by atoms with E-state index in [-0.39, 0.29) is 25.4 Å². The first-order valence-electron chi connectivity index (χ1n) is 4.40. The van der Waals surface area contributed by atoms with Crippen LogP contribution in [0.4, 0.5) is 8.78 Å². The van der Waals surface area contributed by atoms with Crippen molar-refractivity contribution in [2.75, 3.05) is 26.2 Å². The van der Waals surface area contributed by atoms with Gasteiger partial charge in [-0.05, 0) is 6.92 Å². The van der Waals surface area contributed by atoms with Crippen LogP contribution in [0.1, 0.15) is 13.3 Å². The highest BCUT2D eigenvalue weighted by Gasteiger charge is 2.38. The Kier molecular flexibility index (Phi) is 3.19. The summed E-state index contributed by atoms with van der Waals surface area (Å²) in [5.41, 5.74) is 0. The van der Waals surface area contributed by atoms with E-state index in [9.17, 15) is 13.6 Å². The molecule has 3 nitrogen and oxygen atoms in total. The number of amides is 1. The Labute approximate surface area is 76.1 Å². The molecule has 1 N–H and O–H groups in total. The standard InChI is InChI=1S/C8H14F2N2O/c1-2-11-7(13)5-12-4-3-8(9,10)6-12/h2-6H2,1H3,(H,11,13). The average molecular weight is 192 g/mol. The van der Waals surface area contributed by atoms with Crippen molar-refractivity contribution in [3.63, 3.8) is 0 Å². The van der Waals surface area contributed by atoms with Crippen LogP contribution < -0.4 is 5.32 Å². The van der Waals surface area contributed by atoms with E-state index in [2.05, 4.69) is 5.32 Å². The highest BCUT2D eigenvalue weighted by molar-refractivity contribution is 5.77. The predicted molar refractivity (Wildman–Crippen MR) is 44.7 cm³/mol. The summed E-state index contributed by atoms with van der Waals surface area (Å²) < 4.78 is 25.3. The van der Waals surface area contributed by atoms with E-state index >= 15 is 0 Å². The molecule has 1 heterocycles. The van der Waals surface area contributed by atoms with Gasteiger partial charge in [0.2, 0.25) is 5.91 Å². The van der Waals surface area contributed by atoms with Crippen LogP contribution in [0.2, 0.25) is 0 Å². The molecule has 1 rings (SSSR count). The number of carbonyl (C=O) groups is 1. The molecular formula is C8H14F2N2O. The topological polar surface area (TPSA) is 32.3 Å². The van der Waals surface area contributed by atoms with Gasteiger partial charge >= 0.3 is 0 Å². The van der Waals surface area contributed by atoms with Gasteiger partial charge in [-0.25, -0.2) is 8.78 Å². The lowest BCUT2D eigenvalue weighted by molar-refractivity contribution is -0.122. The van der Waals surface area contributed by atoms with E-state index in [4.69, 9.17) is 0 Å². The maximum atomic E-state index is 12.7. The molecule has 76 valence electrons. The molecule has 1 saturated heterocycles. The van der Waals surface area contributed by atoms with Crippen LogP contribution in [-0.4, -0.2) is 42.9 Å². The van der Waals surface area contributed by atoms with Gasteiger partial charge in [0.15, 0.2) is 0 Å². The second-order valence-electron chi connectivity index (χ2n) is 3.27. The number of carbonyl (C=O) groups excluding carboxylic acids is 1. The van der Waals surface area contributed by atoms with Crippen molar-refractivity contribution in [2.45, 2.75) is 19.3 Å². The van der Waals surface area contributed by atoms with E-state index in [1.165, 1.54) is 4.90 Å².